The highest BCUT2D eigenvalue weighted by atomic mass is 16.6. The van der Waals surface area contributed by atoms with Crippen molar-refractivity contribution in [3.8, 4) is 11.5 Å². The second kappa shape index (κ2) is 8.17. The molecule has 2 aromatic carbocycles. The number of aryl methyl sites for hydroxylation is 1. The number of hydrogen-bond acceptors (Lipinski definition) is 6. The second-order valence-electron chi connectivity index (χ2n) is 6.64. The van der Waals surface area contributed by atoms with Gasteiger partial charge in [0.1, 0.15) is 30.7 Å². The van der Waals surface area contributed by atoms with Crippen LogP contribution < -0.4 is 19.7 Å². The van der Waals surface area contributed by atoms with Crippen LogP contribution in [0.15, 0.2) is 54.6 Å². The van der Waals surface area contributed by atoms with Crippen LogP contribution >= 0.6 is 0 Å². The maximum absolute atomic E-state index is 5.67. The summed E-state index contributed by atoms with van der Waals surface area (Å²) >= 11 is 0. The summed E-state index contributed by atoms with van der Waals surface area (Å²) in [6.07, 6.45) is 0. The average molecular weight is 376 g/mol. The van der Waals surface area contributed by atoms with Gasteiger partial charge >= 0.3 is 0 Å². The van der Waals surface area contributed by atoms with E-state index in [1.165, 1.54) is 5.56 Å². The normalized spacial score (nSPS) is 12.5. The van der Waals surface area contributed by atoms with E-state index in [1.807, 2.05) is 37.3 Å². The van der Waals surface area contributed by atoms with Gasteiger partial charge in [-0.25, -0.2) is 9.97 Å². The third-order valence-electron chi connectivity index (χ3n) is 4.56. The first-order valence-electron chi connectivity index (χ1n) is 9.52. The van der Waals surface area contributed by atoms with Crippen LogP contribution in [0, 0.1) is 6.92 Å². The number of aromatic nitrogens is 2. The van der Waals surface area contributed by atoms with Crippen LogP contribution in [0.3, 0.4) is 0 Å². The molecule has 0 radical (unpaired) electrons. The van der Waals surface area contributed by atoms with Crippen LogP contribution in [0.5, 0.6) is 11.5 Å². The van der Waals surface area contributed by atoms with Crippen LogP contribution in [0.25, 0.3) is 0 Å². The van der Waals surface area contributed by atoms with Gasteiger partial charge in [0.15, 0.2) is 11.5 Å². The highest BCUT2D eigenvalue weighted by molar-refractivity contribution is 5.63. The molecule has 144 valence electrons. The molecule has 0 aliphatic carbocycles. The minimum Gasteiger partial charge on any atom is -0.486 e. The number of rotatable bonds is 6. The number of fused-ring (bicyclic) bond motifs is 1. The first-order valence-corrected chi connectivity index (χ1v) is 9.52. The highest BCUT2D eigenvalue weighted by Crippen LogP contribution is 2.33. The molecule has 1 aliphatic rings. The van der Waals surface area contributed by atoms with E-state index in [4.69, 9.17) is 9.47 Å². The summed E-state index contributed by atoms with van der Waals surface area (Å²) in [7, 11) is 0. The Labute approximate surface area is 165 Å². The fraction of sp³-hybridized carbons (Fsp3) is 0.273. The van der Waals surface area contributed by atoms with Crippen molar-refractivity contribution in [1.82, 2.24) is 9.97 Å². The topological polar surface area (TPSA) is 59.5 Å². The van der Waals surface area contributed by atoms with Crippen LogP contribution in [-0.2, 0) is 6.54 Å². The van der Waals surface area contributed by atoms with E-state index in [9.17, 15) is 0 Å². The molecule has 0 saturated carbocycles. The van der Waals surface area contributed by atoms with E-state index in [1.54, 1.807) is 0 Å². The Balaban J connectivity index is 1.56. The SMILES string of the molecule is CCN(Cc1ccccc1)c1cc(Nc2ccc3c(c2)OCCO3)nc(C)n1. The lowest BCUT2D eigenvalue weighted by atomic mass is 10.2. The van der Waals surface area contributed by atoms with E-state index in [0.29, 0.717) is 13.2 Å². The summed E-state index contributed by atoms with van der Waals surface area (Å²) in [5, 5.41) is 3.36. The van der Waals surface area contributed by atoms with Gasteiger partial charge in [-0.2, -0.15) is 0 Å². The molecule has 0 amide bonds. The van der Waals surface area contributed by atoms with Gasteiger partial charge in [-0.05, 0) is 31.5 Å². The van der Waals surface area contributed by atoms with Crippen molar-refractivity contribution >= 4 is 17.3 Å². The molecule has 2 heterocycles. The molecule has 6 heteroatoms. The molecule has 6 nitrogen and oxygen atoms in total. The third kappa shape index (κ3) is 4.17. The molecule has 0 saturated heterocycles. The fourth-order valence-corrected chi connectivity index (χ4v) is 3.21. The molecule has 1 aromatic heterocycles. The summed E-state index contributed by atoms with van der Waals surface area (Å²) < 4.78 is 11.2. The zero-order valence-electron chi connectivity index (χ0n) is 16.2. The van der Waals surface area contributed by atoms with E-state index in [-0.39, 0.29) is 0 Å². The molecular weight excluding hydrogens is 352 g/mol. The van der Waals surface area contributed by atoms with Gasteiger partial charge in [0.2, 0.25) is 0 Å². The number of hydrogen-bond donors (Lipinski definition) is 1. The Morgan fingerprint density at radius 2 is 1.75 bits per heavy atom. The van der Waals surface area contributed by atoms with Crippen molar-refractivity contribution in [1.29, 1.82) is 0 Å². The predicted molar refractivity (Wildman–Crippen MR) is 111 cm³/mol. The predicted octanol–water partition coefficient (Wildman–Crippen LogP) is 4.33. The van der Waals surface area contributed by atoms with Gasteiger partial charge in [-0.3, -0.25) is 0 Å². The minimum atomic E-state index is 0.568. The maximum atomic E-state index is 5.67. The maximum Gasteiger partial charge on any atom is 0.163 e. The third-order valence-corrected chi connectivity index (χ3v) is 4.56. The largest absolute Gasteiger partial charge is 0.486 e. The molecule has 1 N–H and O–H groups in total. The van der Waals surface area contributed by atoms with Gasteiger partial charge in [-0.1, -0.05) is 30.3 Å². The molecule has 0 spiro atoms. The lowest BCUT2D eigenvalue weighted by Crippen LogP contribution is -2.23. The first kappa shape index (κ1) is 18.1. The summed E-state index contributed by atoms with van der Waals surface area (Å²) in [4.78, 5) is 11.4. The van der Waals surface area contributed by atoms with E-state index in [0.717, 1.165) is 47.7 Å². The number of benzene rings is 2. The van der Waals surface area contributed by atoms with Crippen molar-refractivity contribution in [2.75, 3.05) is 30.0 Å². The van der Waals surface area contributed by atoms with Crippen molar-refractivity contribution in [2.24, 2.45) is 0 Å². The Morgan fingerprint density at radius 1 is 0.964 bits per heavy atom. The standard InChI is InChI=1S/C22H24N4O2/c1-3-26(15-17-7-5-4-6-8-17)22-14-21(23-16(2)24-22)25-18-9-10-19-20(13-18)28-12-11-27-19/h4-10,13-14H,3,11-12,15H2,1-2H3,(H,23,24,25). The van der Waals surface area contributed by atoms with Gasteiger partial charge < -0.3 is 19.7 Å². The van der Waals surface area contributed by atoms with E-state index < -0.39 is 0 Å². The van der Waals surface area contributed by atoms with Gasteiger partial charge in [0.05, 0.1) is 0 Å². The second-order valence-corrected chi connectivity index (χ2v) is 6.64. The van der Waals surface area contributed by atoms with Crippen LogP contribution in [0.2, 0.25) is 0 Å². The molecule has 28 heavy (non-hydrogen) atoms. The Bertz CT molecular complexity index is 947. The number of nitrogens with one attached hydrogen (secondary N) is 1. The lowest BCUT2D eigenvalue weighted by molar-refractivity contribution is 0.171. The average Bonchev–Trinajstić information content (AvgIpc) is 2.72. The Hall–Kier alpha value is -3.28. The monoisotopic (exact) mass is 376 g/mol. The van der Waals surface area contributed by atoms with Crippen molar-refractivity contribution < 1.29 is 9.47 Å². The van der Waals surface area contributed by atoms with Crippen LogP contribution in [0.4, 0.5) is 17.3 Å². The smallest absolute Gasteiger partial charge is 0.163 e. The lowest BCUT2D eigenvalue weighted by Gasteiger charge is -2.23. The molecule has 3 aromatic rings. The van der Waals surface area contributed by atoms with Gasteiger partial charge in [0.25, 0.3) is 0 Å². The minimum absolute atomic E-state index is 0.568. The van der Waals surface area contributed by atoms with Crippen molar-refractivity contribution in [3.05, 3.63) is 66.0 Å². The number of ether oxygens (including phenoxy) is 2. The summed E-state index contributed by atoms with van der Waals surface area (Å²) in [5.74, 6) is 3.91. The van der Waals surface area contributed by atoms with Gasteiger partial charge in [0, 0.05) is 30.9 Å². The highest BCUT2D eigenvalue weighted by Gasteiger charge is 2.13. The van der Waals surface area contributed by atoms with Crippen LogP contribution in [-0.4, -0.2) is 29.7 Å². The van der Waals surface area contributed by atoms with Gasteiger partial charge in [-0.15, -0.1) is 0 Å². The molecule has 1 aliphatic heterocycles. The molecule has 0 atom stereocenters. The number of nitrogens with zero attached hydrogens (tertiary/aromatic N) is 3. The quantitative estimate of drug-likeness (QED) is 0.691. The molecular formula is C22H24N4O2. The number of anilines is 3. The van der Waals surface area contributed by atoms with E-state index >= 15 is 0 Å². The molecule has 0 unspecified atom stereocenters. The molecule has 4 rings (SSSR count). The van der Waals surface area contributed by atoms with E-state index in [2.05, 4.69) is 51.4 Å². The summed E-state index contributed by atoms with van der Waals surface area (Å²) in [6.45, 7) is 6.86. The first-order chi connectivity index (χ1) is 13.7. The Kier molecular flexibility index (Phi) is 5.28. The van der Waals surface area contributed by atoms with Crippen molar-refractivity contribution in [2.45, 2.75) is 20.4 Å². The molecule has 0 fully saturated rings. The van der Waals surface area contributed by atoms with Crippen molar-refractivity contribution in [3.63, 3.8) is 0 Å². The Morgan fingerprint density at radius 3 is 2.54 bits per heavy atom. The summed E-state index contributed by atoms with van der Waals surface area (Å²) in [6, 6.07) is 18.2. The molecule has 0 bridgehead atoms. The fourth-order valence-electron chi connectivity index (χ4n) is 3.21. The summed E-state index contributed by atoms with van der Waals surface area (Å²) in [5.41, 5.74) is 2.15. The zero-order chi connectivity index (χ0) is 19.3. The zero-order valence-corrected chi connectivity index (χ0v) is 16.2. The van der Waals surface area contributed by atoms with Crippen LogP contribution in [0.1, 0.15) is 18.3 Å².